The number of hydrogen-bond acceptors (Lipinski definition) is 6. The van der Waals surface area contributed by atoms with Gasteiger partial charge >= 0.3 is 11.9 Å². The van der Waals surface area contributed by atoms with Crippen molar-refractivity contribution < 1.29 is 24.6 Å². The molecule has 0 spiro atoms. The fourth-order valence-electron chi connectivity index (χ4n) is 5.31. The quantitative estimate of drug-likeness (QED) is 0.392. The van der Waals surface area contributed by atoms with E-state index < -0.39 is 23.4 Å². The summed E-state index contributed by atoms with van der Waals surface area (Å²) in [7, 11) is 2.03. The Morgan fingerprint density at radius 2 is 1.49 bits per heavy atom. The van der Waals surface area contributed by atoms with Crippen molar-refractivity contribution in [2.75, 3.05) is 23.5 Å². The lowest BCUT2D eigenvalue weighted by Gasteiger charge is -2.12. The van der Waals surface area contributed by atoms with E-state index in [2.05, 4.69) is 10.0 Å². The Morgan fingerprint density at radius 1 is 0.878 bits per heavy atom. The average Bonchev–Trinajstić information content (AvgIpc) is 3.50. The van der Waals surface area contributed by atoms with Gasteiger partial charge in [0.15, 0.2) is 5.49 Å². The minimum absolute atomic E-state index is 0.0496. The summed E-state index contributed by atoms with van der Waals surface area (Å²) in [6.07, 6.45) is 2.65. The van der Waals surface area contributed by atoms with Gasteiger partial charge in [-0.3, -0.25) is 14.2 Å². The Bertz CT molecular complexity index is 1960. The molecule has 0 radical (unpaired) electrons. The van der Waals surface area contributed by atoms with Gasteiger partial charge < -0.3 is 15.1 Å². The van der Waals surface area contributed by atoms with Gasteiger partial charge in [-0.25, -0.2) is 9.59 Å². The van der Waals surface area contributed by atoms with Crippen molar-refractivity contribution in [3.05, 3.63) is 121 Å². The lowest BCUT2D eigenvalue weighted by atomic mass is 10.0. The van der Waals surface area contributed by atoms with E-state index in [9.17, 15) is 29.4 Å². The molecule has 204 valence electrons. The van der Waals surface area contributed by atoms with E-state index in [0.717, 1.165) is 29.2 Å². The zero-order chi connectivity index (χ0) is 29.0. The molecule has 2 aliphatic heterocycles. The number of aromatic carboxylic acids is 2. The first-order chi connectivity index (χ1) is 19.6. The van der Waals surface area contributed by atoms with Crippen LogP contribution in [0.3, 0.4) is 0 Å². The first kappa shape index (κ1) is 25.8. The van der Waals surface area contributed by atoms with Crippen molar-refractivity contribution in [1.29, 1.82) is 0 Å². The van der Waals surface area contributed by atoms with E-state index >= 15 is 0 Å². The summed E-state index contributed by atoms with van der Waals surface area (Å²) in [6.45, 7) is 2.62. The van der Waals surface area contributed by atoms with Crippen LogP contribution >= 0.6 is 0 Å². The number of hydrogen-bond donors (Lipinski definition) is 2. The lowest BCUT2D eigenvalue weighted by molar-refractivity contribution is 0.0686. The zero-order valence-corrected chi connectivity index (χ0v) is 22.2. The molecule has 0 atom stereocenters. The first-order valence-corrected chi connectivity index (χ1v) is 12.9. The summed E-state index contributed by atoms with van der Waals surface area (Å²) in [5, 5.41) is 24.5. The SMILES string of the molecule is Cc1c2c(n(-c3ccc(C(=O)O)cc3)c(=O)/c1=C\c1ccc3c(c1)CCN3C)=NN(c1ccc(C(=O)O)cc1)C2=O. The van der Waals surface area contributed by atoms with Crippen molar-refractivity contribution >= 4 is 35.3 Å². The second-order valence-corrected chi connectivity index (χ2v) is 10.0. The highest BCUT2D eigenvalue weighted by Gasteiger charge is 2.31. The minimum Gasteiger partial charge on any atom is -0.478 e. The highest BCUT2D eigenvalue weighted by Crippen LogP contribution is 2.27. The third-order valence-electron chi connectivity index (χ3n) is 7.52. The normalized spacial score (nSPS) is 14.2. The van der Waals surface area contributed by atoms with Gasteiger partial charge in [-0.05, 0) is 96.8 Å². The van der Waals surface area contributed by atoms with E-state index in [0.29, 0.717) is 22.2 Å². The number of carboxylic acid groups (broad SMARTS) is 2. The van der Waals surface area contributed by atoms with E-state index in [1.165, 1.54) is 58.7 Å². The number of carboxylic acids is 2. The molecule has 1 aromatic heterocycles. The van der Waals surface area contributed by atoms with Crippen molar-refractivity contribution in [2.24, 2.45) is 5.10 Å². The van der Waals surface area contributed by atoms with Crippen molar-refractivity contribution in [1.82, 2.24) is 4.57 Å². The van der Waals surface area contributed by atoms with Crippen LogP contribution in [0.15, 0.2) is 76.6 Å². The predicted octanol–water partition coefficient (Wildman–Crippen LogP) is 2.56. The van der Waals surface area contributed by atoms with Gasteiger partial charge in [0.1, 0.15) is 0 Å². The van der Waals surface area contributed by atoms with E-state index in [1.54, 1.807) is 13.0 Å². The maximum Gasteiger partial charge on any atom is 0.335 e. The molecule has 6 rings (SSSR count). The van der Waals surface area contributed by atoms with E-state index in [4.69, 9.17) is 0 Å². The number of carbonyl (C=O) groups is 3. The van der Waals surface area contributed by atoms with E-state index in [-0.39, 0.29) is 22.2 Å². The van der Waals surface area contributed by atoms with Crippen molar-refractivity contribution in [3.8, 4) is 5.69 Å². The molecule has 0 saturated carbocycles. The Hall–Kier alpha value is -5.51. The van der Waals surface area contributed by atoms with Crippen molar-refractivity contribution in [2.45, 2.75) is 13.3 Å². The summed E-state index contributed by atoms with van der Waals surface area (Å²) < 4.78 is 1.31. The van der Waals surface area contributed by atoms with Crippen LogP contribution < -0.4 is 26.2 Å². The first-order valence-electron chi connectivity index (χ1n) is 12.9. The topological polar surface area (TPSA) is 133 Å². The standard InChI is InChI=1S/C31H24N4O6/c1-17-24(16-18-3-12-25-21(15-18)13-14-33(25)2)28(36)34(22-8-4-19(5-9-22)30(38)39)27-26(17)29(37)35(32-27)23-10-6-20(7-11-23)31(40)41/h3-12,15-16H,13-14H2,1-2H3,(H,38,39)(H,40,41)/b24-16-. The Morgan fingerprint density at radius 3 is 2.10 bits per heavy atom. The number of anilines is 2. The van der Waals surface area contributed by atoms with Gasteiger partial charge in [0, 0.05) is 24.5 Å². The number of carbonyl (C=O) groups excluding carboxylic acids is 1. The molecule has 41 heavy (non-hydrogen) atoms. The second-order valence-electron chi connectivity index (χ2n) is 10.0. The molecule has 3 heterocycles. The van der Waals surface area contributed by atoms with Crippen LogP contribution in [0, 0.1) is 6.92 Å². The number of aromatic nitrogens is 1. The third-order valence-corrected chi connectivity index (χ3v) is 7.52. The van der Waals surface area contributed by atoms with Crippen molar-refractivity contribution in [3.63, 3.8) is 0 Å². The van der Waals surface area contributed by atoms with Gasteiger partial charge in [0.25, 0.3) is 11.5 Å². The van der Waals surface area contributed by atoms with Gasteiger partial charge in [-0.2, -0.15) is 5.01 Å². The molecule has 0 saturated heterocycles. The molecule has 1 amide bonds. The molecule has 0 fully saturated rings. The van der Waals surface area contributed by atoms with Crippen LogP contribution in [0.2, 0.25) is 0 Å². The predicted molar refractivity (Wildman–Crippen MR) is 152 cm³/mol. The average molecular weight is 549 g/mol. The Labute approximate surface area is 233 Å². The molecule has 0 bridgehead atoms. The fraction of sp³-hybridized carbons (Fsp3) is 0.129. The van der Waals surface area contributed by atoms with Crippen LogP contribution in [0.25, 0.3) is 11.8 Å². The summed E-state index contributed by atoms with van der Waals surface area (Å²) >= 11 is 0. The van der Waals surface area contributed by atoms with Crippen LogP contribution in [0.5, 0.6) is 0 Å². The molecule has 0 aliphatic carbocycles. The maximum absolute atomic E-state index is 14.1. The van der Waals surface area contributed by atoms with Crippen LogP contribution in [0.1, 0.15) is 47.8 Å². The molecular weight excluding hydrogens is 524 g/mol. The zero-order valence-electron chi connectivity index (χ0n) is 22.2. The molecule has 10 heteroatoms. The third kappa shape index (κ3) is 4.26. The largest absolute Gasteiger partial charge is 0.478 e. The number of amides is 1. The van der Waals surface area contributed by atoms with E-state index in [1.807, 2.05) is 25.2 Å². The molecule has 4 aromatic rings. The summed E-state index contributed by atoms with van der Waals surface area (Å²) in [5.74, 6) is -2.68. The Kier molecular flexibility index (Phi) is 6.03. The smallest absolute Gasteiger partial charge is 0.335 e. The lowest BCUT2D eigenvalue weighted by Crippen LogP contribution is -2.45. The molecule has 3 aromatic carbocycles. The monoisotopic (exact) mass is 548 g/mol. The van der Waals surface area contributed by atoms with Crippen LogP contribution in [-0.4, -0.2) is 46.2 Å². The molecule has 10 nitrogen and oxygen atoms in total. The summed E-state index contributed by atoms with van der Waals surface area (Å²) in [4.78, 5) is 52.8. The number of nitrogens with zero attached hydrogens (tertiary/aromatic N) is 4. The van der Waals surface area contributed by atoms with Gasteiger partial charge in [-0.15, -0.1) is 5.10 Å². The minimum atomic E-state index is -1.11. The summed E-state index contributed by atoms with van der Waals surface area (Å²) in [6, 6.07) is 17.5. The number of rotatable bonds is 5. The number of pyridine rings is 1. The number of fused-ring (bicyclic) bond motifs is 2. The molecule has 0 unspecified atom stereocenters. The highest BCUT2D eigenvalue weighted by molar-refractivity contribution is 6.08. The van der Waals surface area contributed by atoms with Gasteiger partial charge in [-0.1, -0.05) is 6.07 Å². The van der Waals surface area contributed by atoms with Gasteiger partial charge in [0.05, 0.1) is 28.1 Å². The van der Waals surface area contributed by atoms with Crippen LogP contribution in [0.4, 0.5) is 11.4 Å². The number of likely N-dealkylation sites (N-methyl/N-ethyl adjacent to an activating group) is 1. The highest BCUT2D eigenvalue weighted by atomic mass is 16.4. The molecule has 2 N–H and O–H groups in total. The van der Waals surface area contributed by atoms with Crippen LogP contribution in [-0.2, 0) is 6.42 Å². The maximum atomic E-state index is 14.1. The molecular formula is C31H24N4O6. The van der Waals surface area contributed by atoms with Gasteiger partial charge in [0.2, 0.25) is 0 Å². The second kappa shape index (κ2) is 9.60. The summed E-state index contributed by atoms with van der Waals surface area (Å²) in [5.41, 5.74) is 4.29. The fourth-order valence-corrected chi connectivity index (χ4v) is 5.31. The Balaban J connectivity index is 1.58. The molecule has 2 aliphatic rings. The number of benzene rings is 3.